The highest BCUT2D eigenvalue weighted by atomic mass is 16.5. The number of benzene rings is 1. The summed E-state index contributed by atoms with van der Waals surface area (Å²) in [5.41, 5.74) is 1.86. The lowest BCUT2D eigenvalue weighted by Gasteiger charge is -2.08. The molecule has 0 saturated heterocycles. The summed E-state index contributed by atoms with van der Waals surface area (Å²) < 4.78 is 10.6. The Morgan fingerprint density at radius 1 is 1.26 bits per heavy atom. The van der Waals surface area contributed by atoms with Gasteiger partial charge in [-0.1, -0.05) is 6.92 Å². The Hall–Kier alpha value is -2.01. The molecule has 2 aromatic rings. The van der Waals surface area contributed by atoms with Gasteiger partial charge >= 0.3 is 0 Å². The number of aromatic nitrogens is 2. The SMILES string of the molecule is CCNCc1ncc(-c2cc(OC)ccc2OC)[nH]1. The molecule has 0 atom stereocenters. The molecule has 5 heteroatoms. The van der Waals surface area contributed by atoms with Crippen molar-refractivity contribution in [3.05, 3.63) is 30.2 Å². The van der Waals surface area contributed by atoms with Gasteiger partial charge in [-0.3, -0.25) is 0 Å². The Labute approximate surface area is 113 Å². The lowest BCUT2D eigenvalue weighted by Crippen LogP contribution is -2.12. The van der Waals surface area contributed by atoms with Gasteiger partial charge in [0, 0.05) is 5.56 Å². The van der Waals surface area contributed by atoms with Gasteiger partial charge in [-0.15, -0.1) is 0 Å². The van der Waals surface area contributed by atoms with Crippen molar-refractivity contribution in [1.82, 2.24) is 15.3 Å². The second kappa shape index (κ2) is 6.24. The minimum atomic E-state index is 0.725. The first-order valence-corrected chi connectivity index (χ1v) is 6.25. The van der Waals surface area contributed by atoms with Crippen LogP contribution in [0.25, 0.3) is 11.3 Å². The number of ether oxygens (including phenoxy) is 2. The second-order valence-electron chi connectivity index (χ2n) is 4.09. The highest BCUT2D eigenvalue weighted by Gasteiger charge is 2.10. The summed E-state index contributed by atoms with van der Waals surface area (Å²) in [6.45, 7) is 3.70. The van der Waals surface area contributed by atoms with E-state index in [1.165, 1.54) is 0 Å². The maximum Gasteiger partial charge on any atom is 0.128 e. The number of nitrogens with zero attached hydrogens (tertiary/aromatic N) is 1. The van der Waals surface area contributed by atoms with Gasteiger partial charge in [0.25, 0.3) is 0 Å². The van der Waals surface area contributed by atoms with Crippen LogP contribution < -0.4 is 14.8 Å². The first kappa shape index (κ1) is 13.4. The predicted octanol–water partition coefficient (Wildman–Crippen LogP) is 2.20. The van der Waals surface area contributed by atoms with E-state index < -0.39 is 0 Å². The Balaban J connectivity index is 2.31. The summed E-state index contributed by atoms with van der Waals surface area (Å²) in [4.78, 5) is 7.63. The molecule has 0 fully saturated rings. The molecule has 0 saturated carbocycles. The van der Waals surface area contributed by atoms with Gasteiger partial charge in [0.2, 0.25) is 0 Å². The van der Waals surface area contributed by atoms with Crippen LogP contribution in [0.3, 0.4) is 0 Å². The second-order valence-corrected chi connectivity index (χ2v) is 4.09. The standard InChI is InChI=1S/C14H19N3O2/c1-4-15-9-14-16-8-12(17-14)11-7-10(18-2)5-6-13(11)19-3/h5-8,15H,4,9H2,1-3H3,(H,16,17). The van der Waals surface area contributed by atoms with E-state index in [1.54, 1.807) is 14.2 Å². The summed E-state index contributed by atoms with van der Waals surface area (Å²) in [6, 6.07) is 5.70. The summed E-state index contributed by atoms with van der Waals surface area (Å²) in [7, 11) is 3.30. The highest BCUT2D eigenvalue weighted by Crippen LogP contribution is 2.32. The number of hydrogen-bond donors (Lipinski definition) is 2. The largest absolute Gasteiger partial charge is 0.497 e. The first-order chi connectivity index (χ1) is 9.28. The number of nitrogens with one attached hydrogen (secondary N) is 2. The Kier molecular flexibility index (Phi) is 4.41. The molecule has 0 unspecified atom stereocenters. The smallest absolute Gasteiger partial charge is 0.128 e. The van der Waals surface area contributed by atoms with Crippen LogP contribution in [-0.4, -0.2) is 30.7 Å². The van der Waals surface area contributed by atoms with Gasteiger partial charge in [-0.2, -0.15) is 0 Å². The Bertz CT molecular complexity index is 537. The number of rotatable bonds is 6. The van der Waals surface area contributed by atoms with E-state index in [9.17, 15) is 0 Å². The van der Waals surface area contributed by atoms with Crippen molar-refractivity contribution in [2.24, 2.45) is 0 Å². The predicted molar refractivity (Wildman–Crippen MR) is 74.5 cm³/mol. The third kappa shape index (κ3) is 3.06. The molecular weight excluding hydrogens is 242 g/mol. The molecule has 0 aliphatic rings. The van der Waals surface area contributed by atoms with Crippen molar-refractivity contribution in [3.8, 4) is 22.8 Å². The van der Waals surface area contributed by atoms with Crippen molar-refractivity contribution in [1.29, 1.82) is 0 Å². The molecule has 0 bridgehead atoms. The van der Waals surface area contributed by atoms with E-state index in [0.29, 0.717) is 0 Å². The lowest BCUT2D eigenvalue weighted by molar-refractivity contribution is 0.404. The number of hydrogen-bond acceptors (Lipinski definition) is 4. The van der Waals surface area contributed by atoms with Crippen molar-refractivity contribution in [2.45, 2.75) is 13.5 Å². The van der Waals surface area contributed by atoms with E-state index in [4.69, 9.17) is 9.47 Å². The van der Waals surface area contributed by atoms with Crippen molar-refractivity contribution < 1.29 is 9.47 Å². The fourth-order valence-corrected chi connectivity index (χ4v) is 1.86. The normalized spacial score (nSPS) is 10.5. The lowest BCUT2D eigenvalue weighted by atomic mass is 10.1. The van der Waals surface area contributed by atoms with Crippen LogP contribution >= 0.6 is 0 Å². The fraction of sp³-hybridized carbons (Fsp3) is 0.357. The third-order valence-electron chi connectivity index (χ3n) is 2.87. The monoisotopic (exact) mass is 261 g/mol. The number of imidazole rings is 1. The van der Waals surface area contributed by atoms with Crippen molar-refractivity contribution >= 4 is 0 Å². The fourth-order valence-electron chi connectivity index (χ4n) is 1.86. The zero-order valence-electron chi connectivity index (χ0n) is 11.5. The molecule has 1 aromatic heterocycles. The molecule has 0 aliphatic heterocycles. The molecule has 0 amide bonds. The average molecular weight is 261 g/mol. The zero-order chi connectivity index (χ0) is 13.7. The topological polar surface area (TPSA) is 59.2 Å². The van der Waals surface area contributed by atoms with Crippen LogP contribution in [-0.2, 0) is 6.54 Å². The van der Waals surface area contributed by atoms with Gasteiger partial charge in [-0.05, 0) is 24.7 Å². The van der Waals surface area contributed by atoms with Gasteiger partial charge in [0.05, 0.1) is 32.7 Å². The van der Waals surface area contributed by atoms with Crippen LogP contribution in [0.15, 0.2) is 24.4 Å². The Morgan fingerprint density at radius 2 is 2.11 bits per heavy atom. The number of H-pyrrole nitrogens is 1. The van der Waals surface area contributed by atoms with Crippen LogP contribution in [0, 0.1) is 0 Å². The van der Waals surface area contributed by atoms with Crippen LogP contribution in [0.5, 0.6) is 11.5 Å². The minimum Gasteiger partial charge on any atom is -0.497 e. The zero-order valence-corrected chi connectivity index (χ0v) is 11.5. The highest BCUT2D eigenvalue weighted by molar-refractivity contribution is 5.68. The molecule has 0 spiro atoms. The maximum atomic E-state index is 5.37. The molecule has 1 heterocycles. The van der Waals surface area contributed by atoms with Gasteiger partial charge < -0.3 is 19.8 Å². The average Bonchev–Trinajstić information content (AvgIpc) is 2.93. The van der Waals surface area contributed by atoms with E-state index >= 15 is 0 Å². The number of aromatic amines is 1. The van der Waals surface area contributed by atoms with E-state index in [-0.39, 0.29) is 0 Å². The number of methoxy groups -OCH3 is 2. The summed E-state index contributed by atoms with van der Waals surface area (Å²) in [6.07, 6.45) is 1.81. The summed E-state index contributed by atoms with van der Waals surface area (Å²) >= 11 is 0. The molecule has 2 rings (SSSR count). The molecule has 2 N–H and O–H groups in total. The van der Waals surface area contributed by atoms with Crippen LogP contribution in [0.1, 0.15) is 12.7 Å². The maximum absolute atomic E-state index is 5.37. The van der Waals surface area contributed by atoms with Crippen molar-refractivity contribution in [2.75, 3.05) is 20.8 Å². The third-order valence-corrected chi connectivity index (χ3v) is 2.87. The quantitative estimate of drug-likeness (QED) is 0.837. The van der Waals surface area contributed by atoms with E-state index in [2.05, 4.69) is 22.2 Å². The van der Waals surface area contributed by atoms with Crippen LogP contribution in [0.4, 0.5) is 0 Å². The van der Waals surface area contributed by atoms with E-state index in [0.717, 1.165) is 41.7 Å². The molecule has 1 aromatic carbocycles. The molecule has 102 valence electrons. The summed E-state index contributed by atoms with van der Waals surface area (Å²) in [5.74, 6) is 2.49. The molecule has 0 radical (unpaired) electrons. The van der Waals surface area contributed by atoms with Gasteiger partial charge in [0.1, 0.15) is 17.3 Å². The molecule has 19 heavy (non-hydrogen) atoms. The van der Waals surface area contributed by atoms with E-state index in [1.807, 2.05) is 24.4 Å². The van der Waals surface area contributed by atoms with Crippen molar-refractivity contribution in [3.63, 3.8) is 0 Å². The van der Waals surface area contributed by atoms with Crippen LogP contribution in [0.2, 0.25) is 0 Å². The van der Waals surface area contributed by atoms with Gasteiger partial charge in [0.15, 0.2) is 0 Å². The van der Waals surface area contributed by atoms with Gasteiger partial charge in [-0.25, -0.2) is 4.98 Å². The molecule has 5 nitrogen and oxygen atoms in total. The molecule has 0 aliphatic carbocycles. The molecular formula is C14H19N3O2. The Morgan fingerprint density at radius 3 is 2.79 bits per heavy atom. The first-order valence-electron chi connectivity index (χ1n) is 6.25. The summed E-state index contributed by atoms with van der Waals surface area (Å²) in [5, 5.41) is 3.23. The minimum absolute atomic E-state index is 0.725.